The van der Waals surface area contributed by atoms with Crippen LogP contribution in [0.3, 0.4) is 0 Å². The van der Waals surface area contributed by atoms with Crippen LogP contribution in [-0.4, -0.2) is 16.1 Å². The van der Waals surface area contributed by atoms with E-state index in [0.29, 0.717) is 6.04 Å². The van der Waals surface area contributed by atoms with Crippen molar-refractivity contribution in [3.63, 3.8) is 0 Å². The number of halogens is 2. The Labute approximate surface area is 148 Å². The van der Waals surface area contributed by atoms with Crippen molar-refractivity contribution in [1.29, 1.82) is 0 Å². The second-order valence-corrected chi connectivity index (χ2v) is 7.24. The van der Waals surface area contributed by atoms with E-state index >= 15 is 0 Å². The summed E-state index contributed by atoms with van der Waals surface area (Å²) in [6, 6.07) is 6.86. The van der Waals surface area contributed by atoms with Crippen molar-refractivity contribution in [3.05, 3.63) is 50.0 Å². The van der Waals surface area contributed by atoms with Crippen LogP contribution in [0.5, 0.6) is 0 Å². The highest BCUT2D eigenvalue weighted by atomic mass is 127. The van der Waals surface area contributed by atoms with Crippen LogP contribution in [0.2, 0.25) is 0 Å². The molecule has 0 bridgehead atoms. The Balaban J connectivity index is 2.13. The molecule has 2 rings (SSSR count). The van der Waals surface area contributed by atoms with Gasteiger partial charge in [-0.1, -0.05) is 22.9 Å². The van der Waals surface area contributed by atoms with Gasteiger partial charge in [0.05, 0.1) is 0 Å². The molecule has 0 fully saturated rings. The molecule has 0 spiro atoms. The van der Waals surface area contributed by atoms with Gasteiger partial charge in [0.1, 0.15) is 5.82 Å². The Morgan fingerprint density at radius 1 is 1.43 bits per heavy atom. The topological polar surface area (TPSA) is 29.9 Å². The van der Waals surface area contributed by atoms with Gasteiger partial charge in [0.25, 0.3) is 0 Å². The predicted octanol–water partition coefficient (Wildman–Crippen LogP) is 4.46. The Morgan fingerprint density at radius 3 is 2.90 bits per heavy atom. The number of aromatic nitrogens is 2. The van der Waals surface area contributed by atoms with Gasteiger partial charge in [0.2, 0.25) is 0 Å². The fraction of sp³-hybridized carbons (Fsp3) is 0.438. The molecule has 0 saturated heterocycles. The smallest absolute Gasteiger partial charge is 0.108 e. The summed E-state index contributed by atoms with van der Waals surface area (Å²) in [4.78, 5) is 4.43. The second kappa shape index (κ2) is 8.29. The lowest BCUT2D eigenvalue weighted by Gasteiger charge is -2.20. The minimum Gasteiger partial charge on any atom is -0.338 e. The standard InChI is InChI=1S/C16H21BrIN3/c1-3-8-19-15(6-7-16-20-9-10-21(16)2)13-11-12(17)4-5-14(13)18/h4-5,9-11,15,19H,3,6-8H2,1-2H3. The van der Waals surface area contributed by atoms with Crippen molar-refractivity contribution in [1.82, 2.24) is 14.9 Å². The number of nitrogens with zero attached hydrogens (tertiary/aromatic N) is 2. The molecule has 2 aromatic rings. The second-order valence-electron chi connectivity index (χ2n) is 5.17. The van der Waals surface area contributed by atoms with Crippen LogP contribution in [-0.2, 0) is 13.5 Å². The molecule has 0 saturated carbocycles. The van der Waals surface area contributed by atoms with Gasteiger partial charge in [-0.15, -0.1) is 0 Å². The summed E-state index contributed by atoms with van der Waals surface area (Å²) in [5.41, 5.74) is 1.37. The van der Waals surface area contributed by atoms with E-state index in [9.17, 15) is 0 Å². The minimum absolute atomic E-state index is 0.367. The number of aryl methyl sites for hydroxylation is 2. The average Bonchev–Trinajstić information content (AvgIpc) is 2.87. The normalized spacial score (nSPS) is 12.6. The Hall–Kier alpha value is -0.400. The number of benzene rings is 1. The van der Waals surface area contributed by atoms with Gasteiger partial charge >= 0.3 is 0 Å². The summed E-state index contributed by atoms with van der Waals surface area (Å²) in [6.45, 7) is 3.24. The van der Waals surface area contributed by atoms with Gasteiger partial charge in [-0.05, 0) is 65.7 Å². The molecule has 1 unspecified atom stereocenters. The van der Waals surface area contributed by atoms with Gasteiger partial charge < -0.3 is 9.88 Å². The molecular weight excluding hydrogens is 441 g/mol. The highest BCUT2D eigenvalue weighted by Crippen LogP contribution is 2.27. The SMILES string of the molecule is CCCNC(CCc1nccn1C)c1cc(Br)ccc1I. The number of hydrogen-bond acceptors (Lipinski definition) is 2. The first kappa shape index (κ1) is 17.0. The van der Waals surface area contributed by atoms with Crippen LogP contribution in [0, 0.1) is 3.57 Å². The van der Waals surface area contributed by atoms with Crippen LogP contribution < -0.4 is 5.32 Å². The zero-order chi connectivity index (χ0) is 15.2. The molecule has 0 aliphatic rings. The van der Waals surface area contributed by atoms with Gasteiger partial charge in [-0.3, -0.25) is 0 Å². The molecule has 1 atom stereocenters. The summed E-state index contributed by atoms with van der Waals surface area (Å²) in [5.74, 6) is 1.14. The third-order valence-electron chi connectivity index (χ3n) is 3.55. The molecule has 0 amide bonds. The largest absolute Gasteiger partial charge is 0.338 e. The van der Waals surface area contributed by atoms with Gasteiger partial charge in [0.15, 0.2) is 0 Å². The van der Waals surface area contributed by atoms with Crippen molar-refractivity contribution < 1.29 is 0 Å². The maximum Gasteiger partial charge on any atom is 0.108 e. The molecule has 0 aliphatic carbocycles. The molecular formula is C16H21BrIN3. The molecule has 1 heterocycles. The van der Waals surface area contributed by atoms with E-state index < -0.39 is 0 Å². The van der Waals surface area contributed by atoms with Gasteiger partial charge in [0, 0.05) is 39.9 Å². The summed E-state index contributed by atoms with van der Waals surface area (Å²) >= 11 is 6.01. The van der Waals surface area contributed by atoms with Gasteiger partial charge in [-0.25, -0.2) is 4.98 Å². The van der Waals surface area contributed by atoms with Crippen LogP contribution in [0.25, 0.3) is 0 Å². The van der Waals surface area contributed by atoms with E-state index in [1.807, 2.05) is 12.4 Å². The highest BCUT2D eigenvalue weighted by Gasteiger charge is 2.15. The Morgan fingerprint density at radius 2 is 2.24 bits per heavy atom. The predicted molar refractivity (Wildman–Crippen MR) is 99.4 cm³/mol. The quantitative estimate of drug-likeness (QED) is 0.617. The van der Waals surface area contributed by atoms with Crippen LogP contribution in [0.1, 0.15) is 37.2 Å². The average molecular weight is 462 g/mol. The van der Waals surface area contributed by atoms with E-state index in [0.717, 1.165) is 36.1 Å². The van der Waals surface area contributed by atoms with E-state index in [4.69, 9.17) is 0 Å². The van der Waals surface area contributed by atoms with Crippen LogP contribution >= 0.6 is 38.5 Å². The van der Waals surface area contributed by atoms with E-state index in [2.05, 4.69) is 85.6 Å². The number of rotatable bonds is 7. The first-order chi connectivity index (χ1) is 10.1. The van der Waals surface area contributed by atoms with Crippen molar-refractivity contribution in [3.8, 4) is 0 Å². The Bertz CT molecular complexity index is 583. The number of nitrogens with one attached hydrogen (secondary N) is 1. The fourth-order valence-electron chi connectivity index (χ4n) is 2.38. The first-order valence-electron chi connectivity index (χ1n) is 7.26. The molecule has 21 heavy (non-hydrogen) atoms. The lowest BCUT2D eigenvalue weighted by Crippen LogP contribution is -2.24. The molecule has 3 nitrogen and oxygen atoms in total. The van der Waals surface area contributed by atoms with Gasteiger partial charge in [-0.2, -0.15) is 0 Å². The molecule has 1 aromatic carbocycles. The van der Waals surface area contributed by atoms with Crippen LogP contribution in [0.4, 0.5) is 0 Å². The molecule has 5 heteroatoms. The summed E-state index contributed by atoms with van der Waals surface area (Å²) in [5, 5.41) is 3.67. The monoisotopic (exact) mass is 461 g/mol. The zero-order valence-electron chi connectivity index (χ0n) is 12.4. The molecule has 0 aliphatic heterocycles. The number of imidazole rings is 1. The minimum atomic E-state index is 0.367. The third-order valence-corrected chi connectivity index (χ3v) is 5.03. The number of hydrogen-bond donors (Lipinski definition) is 1. The molecule has 0 radical (unpaired) electrons. The van der Waals surface area contributed by atoms with Crippen molar-refractivity contribution in [2.24, 2.45) is 7.05 Å². The highest BCUT2D eigenvalue weighted by molar-refractivity contribution is 14.1. The summed E-state index contributed by atoms with van der Waals surface area (Å²) in [6.07, 6.45) is 7.05. The molecule has 1 aromatic heterocycles. The van der Waals surface area contributed by atoms with Crippen molar-refractivity contribution >= 4 is 38.5 Å². The van der Waals surface area contributed by atoms with E-state index in [1.54, 1.807) is 0 Å². The third kappa shape index (κ3) is 4.79. The summed E-state index contributed by atoms with van der Waals surface area (Å²) < 4.78 is 4.55. The molecule has 114 valence electrons. The molecule has 1 N–H and O–H groups in total. The van der Waals surface area contributed by atoms with Crippen molar-refractivity contribution in [2.75, 3.05) is 6.54 Å². The maximum absolute atomic E-state index is 4.43. The summed E-state index contributed by atoms with van der Waals surface area (Å²) in [7, 11) is 2.06. The first-order valence-corrected chi connectivity index (χ1v) is 9.13. The van der Waals surface area contributed by atoms with E-state index in [1.165, 1.54) is 9.13 Å². The lowest BCUT2D eigenvalue weighted by molar-refractivity contribution is 0.489. The van der Waals surface area contributed by atoms with Crippen LogP contribution in [0.15, 0.2) is 35.1 Å². The fourth-order valence-corrected chi connectivity index (χ4v) is 3.47. The van der Waals surface area contributed by atoms with Crippen molar-refractivity contribution in [2.45, 2.75) is 32.2 Å². The zero-order valence-corrected chi connectivity index (χ0v) is 16.2. The van der Waals surface area contributed by atoms with E-state index in [-0.39, 0.29) is 0 Å². The Kier molecular flexibility index (Phi) is 6.70. The maximum atomic E-state index is 4.43. The lowest BCUT2D eigenvalue weighted by atomic mass is 10.0.